The standard InChI is InChI=1S/C17H22BrNOS/c18-14-4-15(21-10-14)9-19-16(20)8-17-5-11-1-12(6-17)3-13(2-11)7-17/h4,10-13H,1-3,5-9H2,(H,19,20). The molecule has 4 aliphatic carbocycles. The van der Waals surface area contributed by atoms with E-state index in [0.717, 1.165) is 28.6 Å². The van der Waals surface area contributed by atoms with Crippen LogP contribution in [0.1, 0.15) is 49.8 Å². The van der Waals surface area contributed by atoms with Crippen LogP contribution in [0.4, 0.5) is 0 Å². The number of nitrogens with one attached hydrogen (secondary N) is 1. The number of rotatable bonds is 4. The lowest BCUT2D eigenvalue weighted by atomic mass is 9.49. The number of hydrogen-bond acceptors (Lipinski definition) is 2. The maximum Gasteiger partial charge on any atom is 0.220 e. The van der Waals surface area contributed by atoms with Gasteiger partial charge >= 0.3 is 0 Å². The van der Waals surface area contributed by atoms with Crippen molar-refractivity contribution in [3.05, 3.63) is 20.8 Å². The lowest BCUT2D eigenvalue weighted by Crippen LogP contribution is -2.47. The molecule has 0 aromatic carbocycles. The summed E-state index contributed by atoms with van der Waals surface area (Å²) in [5.74, 6) is 3.05. The second-order valence-corrected chi connectivity index (χ2v) is 9.51. The summed E-state index contributed by atoms with van der Waals surface area (Å²) in [5, 5.41) is 5.21. The van der Waals surface area contributed by atoms with Crippen LogP contribution in [-0.2, 0) is 11.3 Å². The van der Waals surface area contributed by atoms with Crippen molar-refractivity contribution in [2.24, 2.45) is 23.2 Å². The molecule has 1 aromatic heterocycles. The Balaban J connectivity index is 1.36. The summed E-state index contributed by atoms with van der Waals surface area (Å²) >= 11 is 5.16. The van der Waals surface area contributed by atoms with Gasteiger partial charge in [0.1, 0.15) is 0 Å². The SMILES string of the molecule is O=C(CC12CC3CC(CC(C3)C1)C2)NCc1cc(Br)cs1. The summed E-state index contributed by atoms with van der Waals surface area (Å²) in [5.41, 5.74) is 0.356. The molecule has 1 amide bonds. The van der Waals surface area contributed by atoms with Crippen molar-refractivity contribution in [1.82, 2.24) is 5.32 Å². The van der Waals surface area contributed by atoms with Crippen LogP contribution in [0.3, 0.4) is 0 Å². The van der Waals surface area contributed by atoms with Crippen LogP contribution in [0.25, 0.3) is 0 Å². The van der Waals surface area contributed by atoms with Gasteiger partial charge in [0.05, 0.1) is 6.54 Å². The maximum atomic E-state index is 12.4. The molecule has 4 bridgehead atoms. The molecule has 1 aromatic rings. The summed E-state index contributed by atoms with van der Waals surface area (Å²) in [6, 6.07) is 2.09. The minimum absolute atomic E-state index is 0.265. The average molecular weight is 368 g/mol. The van der Waals surface area contributed by atoms with Crippen molar-refractivity contribution >= 4 is 33.2 Å². The number of amides is 1. The normalized spacial score (nSPS) is 36.9. The molecule has 114 valence electrons. The Labute approximate surface area is 138 Å². The first-order valence-electron chi connectivity index (χ1n) is 8.10. The van der Waals surface area contributed by atoms with E-state index in [1.165, 1.54) is 43.4 Å². The van der Waals surface area contributed by atoms with E-state index in [4.69, 9.17) is 0 Å². The Hall–Kier alpha value is -0.350. The van der Waals surface area contributed by atoms with Crippen LogP contribution >= 0.6 is 27.3 Å². The van der Waals surface area contributed by atoms with Crippen molar-refractivity contribution in [3.63, 3.8) is 0 Å². The van der Waals surface area contributed by atoms with Crippen molar-refractivity contribution in [1.29, 1.82) is 0 Å². The van der Waals surface area contributed by atoms with E-state index in [1.54, 1.807) is 11.3 Å². The molecule has 5 rings (SSSR count). The van der Waals surface area contributed by atoms with Gasteiger partial charge in [-0.25, -0.2) is 0 Å². The largest absolute Gasteiger partial charge is 0.351 e. The fourth-order valence-corrected chi connectivity index (χ4v) is 6.93. The molecular weight excluding hydrogens is 346 g/mol. The maximum absolute atomic E-state index is 12.4. The summed E-state index contributed by atoms with van der Waals surface area (Å²) in [7, 11) is 0. The van der Waals surface area contributed by atoms with E-state index in [9.17, 15) is 4.79 Å². The Bertz CT molecular complexity index is 517. The molecule has 21 heavy (non-hydrogen) atoms. The third-order valence-electron chi connectivity index (χ3n) is 5.78. The topological polar surface area (TPSA) is 29.1 Å². The number of hydrogen-bond donors (Lipinski definition) is 1. The molecule has 4 fully saturated rings. The molecule has 4 aliphatic rings. The van der Waals surface area contributed by atoms with Crippen LogP contribution in [-0.4, -0.2) is 5.91 Å². The third-order valence-corrected chi connectivity index (χ3v) is 7.48. The predicted molar refractivity (Wildman–Crippen MR) is 89.1 cm³/mol. The van der Waals surface area contributed by atoms with Gasteiger partial charge in [-0.2, -0.15) is 0 Å². The Morgan fingerprint density at radius 1 is 1.24 bits per heavy atom. The predicted octanol–water partition coefficient (Wildman–Crippen LogP) is 4.73. The first-order chi connectivity index (χ1) is 10.1. The van der Waals surface area contributed by atoms with Gasteiger partial charge < -0.3 is 5.32 Å². The zero-order chi connectivity index (χ0) is 14.4. The van der Waals surface area contributed by atoms with Gasteiger partial charge in [0.15, 0.2) is 0 Å². The highest BCUT2D eigenvalue weighted by Crippen LogP contribution is 2.61. The van der Waals surface area contributed by atoms with Crippen molar-refractivity contribution in [2.45, 2.75) is 51.5 Å². The molecular formula is C17H22BrNOS. The van der Waals surface area contributed by atoms with Crippen LogP contribution < -0.4 is 5.32 Å². The van der Waals surface area contributed by atoms with E-state index in [1.807, 2.05) is 0 Å². The third kappa shape index (κ3) is 2.94. The number of carbonyl (C=O) groups excluding carboxylic acids is 1. The molecule has 0 radical (unpaired) electrons. The molecule has 0 aliphatic heterocycles. The smallest absolute Gasteiger partial charge is 0.220 e. The highest BCUT2D eigenvalue weighted by molar-refractivity contribution is 9.10. The highest BCUT2D eigenvalue weighted by atomic mass is 79.9. The van der Waals surface area contributed by atoms with Gasteiger partial charge in [0.25, 0.3) is 0 Å². The fourth-order valence-electron chi connectivity index (χ4n) is 5.54. The lowest BCUT2D eigenvalue weighted by molar-refractivity contribution is -0.129. The minimum atomic E-state index is 0.265. The van der Waals surface area contributed by atoms with E-state index in [-0.39, 0.29) is 5.91 Å². The van der Waals surface area contributed by atoms with Gasteiger partial charge in [-0.1, -0.05) is 0 Å². The van der Waals surface area contributed by atoms with Crippen molar-refractivity contribution in [3.8, 4) is 0 Å². The molecule has 0 saturated heterocycles. The molecule has 1 N–H and O–H groups in total. The molecule has 4 saturated carbocycles. The number of thiophene rings is 1. The lowest BCUT2D eigenvalue weighted by Gasteiger charge is -2.56. The quantitative estimate of drug-likeness (QED) is 0.818. The summed E-state index contributed by atoms with van der Waals surface area (Å²) in [4.78, 5) is 13.6. The first-order valence-corrected chi connectivity index (χ1v) is 9.77. The zero-order valence-corrected chi connectivity index (χ0v) is 14.6. The number of carbonyl (C=O) groups is 1. The first kappa shape index (κ1) is 14.3. The fraction of sp³-hybridized carbons (Fsp3) is 0.706. The summed E-state index contributed by atoms with van der Waals surface area (Å²) in [6.45, 7) is 0.682. The molecule has 0 spiro atoms. The van der Waals surface area contributed by atoms with Crippen LogP contribution in [0, 0.1) is 23.2 Å². The Morgan fingerprint density at radius 2 is 1.86 bits per heavy atom. The van der Waals surface area contributed by atoms with Gasteiger partial charge in [0, 0.05) is 21.2 Å². The minimum Gasteiger partial charge on any atom is -0.351 e. The second-order valence-electron chi connectivity index (χ2n) is 7.60. The van der Waals surface area contributed by atoms with Crippen LogP contribution in [0.2, 0.25) is 0 Å². The molecule has 2 nitrogen and oxygen atoms in total. The van der Waals surface area contributed by atoms with Gasteiger partial charge in [-0.05, 0) is 83.7 Å². The zero-order valence-electron chi connectivity index (χ0n) is 12.2. The summed E-state index contributed by atoms with van der Waals surface area (Å²) < 4.78 is 1.11. The molecule has 0 unspecified atom stereocenters. The van der Waals surface area contributed by atoms with Crippen molar-refractivity contribution in [2.75, 3.05) is 0 Å². The molecule has 4 heteroatoms. The average Bonchev–Trinajstić information content (AvgIpc) is 2.80. The van der Waals surface area contributed by atoms with Gasteiger partial charge in [-0.15, -0.1) is 11.3 Å². The summed E-state index contributed by atoms with van der Waals surface area (Å²) in [6.07, 6.45) is 9.06. The van der Waals surface area contributed by atoms with E-state index < -0.39 is 0 Å². The second kappa shape index (κ2) is 5.38. The molecule has 0 atom stereocenters. The van der Waals surface area contributed by atoms with E-state index in [2.05, 4.69) is 32.7 Å². The molecule has 1 heterocycles. The van der Waals surface area contributed by atoms with Crippen LogP contribution in [0.15, 0.2) is 15.9 Å². The van der Waals surface area contributed by atoms with Gasteiger partial charge in [0.2, 0.25) is 5.91 Å². The van der Waals surface area contributed by atoms with Crippen LogP contribution in [0.5, 0.6) is 0 Å². The Morgan fingerprint density at radius 3 is 2.38 bits per heavy atom. The Kier molecular flexibility index (Phi) is 3.65. The van der Waals surface area contributed by atoms with E-state index in [0.29, 0.717) is 12.0 Å². The van der Waals surface area contributed by atoms with Gasteiger partial charge in [-0.3, -0.25) is 4.79 Å². The monoisotopic (exact) mass is 367 g/mol. The highest BCUT2D eigenvalue weighted by Gasteiger charge is 2.51. The van der Waals surface area contributed by atoms with Crippen molar-refractivity contribution < 1.29 is 4.79 Å². The van der Waals surface area contributed by atoms with E-state index >= 15 is 0 Å². The number of halogens is 1.